The van der Waals surface area contributed by atoms with Crippen molar-refractivity contribution in [1.29, 1.82) is 0 Å². The summed E-state index contributed by atoms with van der Waals surface area (Å²) in [6.45, 7) is 4.79. The first-order chi connectivity index (χ1) is 8.54. The van der Waals surface area contributed by atoms with Gasteiger partial charge in [-0.3, -0.25) is 4.79 Å². The van der Waals surface area contributed by atoms with Crippen molar-refractivity contribution in [3.8, 4) is 5.75 Å². The van der Waals surface area contributed by atoms with E-state index >= 15 is 0 Å². The molecule has 2 rings (SSSR count). The van der Waals surface area contributed by atoms with Gasteiger partial charge < -0.3 is 10.0 Å². The Hall–Kier alpha value is -1.03. The maximum absolute atomic E-state index is 12.4. The number of amides is 1. The molecule has 1 aromatic rings. The average molecular weight is 312 g/mol. The molecule has 2 unspecified atom stereocenters. The summed E-state index contributed by atoms with van der Waals surface area (Å²) in [5, 5.41) is 10.5. The van der Waals surface area contributed by atoms with Gasteiger partial charge in [0.15, 0.2) is 0 Å². The molecule has 0 spiro atoms. The van der Waals surface area contributed by atoms with Gasteiger partial charge in [0.05, 0.1) is 0 Å². The zero-order chi connectivity index (χ0) is 13.3. The smallest absolute Gasteiger partial charge is 0.254 e. The molecule has 1 heterocycles. The predicted octanol–water partition coefficient (Wildman–Crippen LogP) is 2.95. The van der Waals surface area contributed by atoms with Crippen LogP contribution in [0.25, 0.3) is 0 Å². The van der Waals surface area contributed by atoms with E-state index in [-0.39, 0.29) is 17.7 Å². The number of likely N-dealkylation sites (tertiary alicyclic amines) is 1. The number of phenols is 1. The molecule has 1 aromatic carbocycles. The topological polar surface area (TPSA) is 40.5 Å². The number of phenolic OH excluding ortho intramolecular Hbond substituents is 1. The maximum atomic E-state index is 12.4. The summed E-state index contributed by atoms with van der Waals surface area (Å²) >= 11 is 3.48. The minimum absolute atomic E-state index is 0.0131. The highest BCUT2D eigenvalue weighted by atomic mass is 79.9. The molecule has 0 bridgehead atoms. The van der Waals surface area contributed by atoms with Gasteiger partial charge in [0.1, 0.15) is 5.75 Å². The number of carbonyl (C=O) groups excluding carboxylic acids is 1. The van der Waals surface area contributed by atoms with Crippen molar-refractivity contribution in [1.82, 2.24) is 4.90 Å². The molecule has 0 radical (unpaired) electrons. The van der Waals surface area contributed by atoms with Crippen LogP contribution in [0.3, 0.4) is 0 Å². The minimum Gasteiger partial charge on any atom is -0.508 e. The van der Waals surface area contributed by atoms with Gasteiger partial charge in [-0.05, 0) is 37.0 Å². The number of hydrogen-bond donors (Lipinski definition) is 1. The molecule has 1 saturated heterocycles. The lowest BCUT2D eigenvalue weighted by atomic mass is 10.0. The first kappa shape index (κ1) is 13.4. The lowest BCUT2D eigenvalue weighted by molar-refractivity contribution is 0.0738. The van der Waals surface area contributed by atoms with Crippen molar-refractivity contribution in [2.45, 2.75) is 26.3 Å². The number of nitrogens with zero attached hydrogens (tertiary/aromatic N) is 1. The Morgan fingerprint density at radius 3 is 2.89 bits per heavy atom. The van der Waals surface area contributed by atoms with E-state index in [9.17, 15) is 9.90 Å². The van der Waals surface area contributed by atoms with Gasteiger partial charge >= 0.3 is 0 Å². The monoisotopic (exact) mass is 311 g/mol. The normalized spacial score (nSPS) is 23.4. The Morgan fingerprint density at radius 2 is 2.28 bits per heavy atom. The Kier molecular flexibility index (Phi) is 3.95. The zero-order valence-electron chi connectivity index (χ0n) is 10.7. The van der Waals surface area contributed by atoms with Crippen LogP contribution < -0.4 is 0 Å². The van der Waals surface area contributed by atoms with Gasteiger partial charge in [0, 0.05) is 23.5 Å². The van der Waals surface area contributed by atoms with Crippen LogP contribution in [0.5, 0.6) is 5.75 Å². The molecule has 4 heteroatoms. The number of carbonyl (C=O) groups is 1. The number of alkyl halides is 1. The van der Waals surface area contributed by atoms with Crippen LogP contribution in [-0.4, -0.2) is 33.8 Å². The van der Waals surface area contributed by atoms with E-state index in [0.717, 1.165) is 23.9 Å². The van der Waals surface area contributed by atoms with Gasteiger partial charge in [-0.1, -0.05) is 28.9 Å². The molecule has 2 atom stereocenters. The Bertz CT molecular complexity index is 461. The third kappa shape index (κ3) is 2.39. The van der Waals surface area contributed by atoms with Crippen molar-refractivity contribution >= 4 is 21.8 Å². The van der Waals surface area contributed by atoms with Crippen molar-refractivity contribution < 1.29 is 9.90 Å². The summed E-state index contributed by atoms with van der Waals surface area (Å²) in [7, 11) is 0. The predicted molar refractivity (Wildman–Crippen MR) is 75.2 cm³/mol. The van der Waals surface area contributed by atoms with Gasteiger partial charge in [-0.15, -0.1) is 0 Å². The molecular formula is C14H18BrNO2. The largest absolute Gasteiger partial charge is 0.508 e. The van der Waals surface area contributed by atoms with Crippen molar-refractivity contribution in [3.05, 3.63) is 29.3 Å². The van der Waals surface area contributed by atoms with Crippen molar-refractivity contribution in [2.24, 2.45) is 5.92 Å². The van der Waals surface area contributed by atoms with Crippen LogP contribution in [0, 0.1) is 12.8 Å². The van der Waals surface area contributed by atoms with E-state index in [2.05, 4.69) is 22.9 Å². The van der Waals surface area contributed by atoms with E-state index in [0.29, 0.717) is 11.5 Å². The molecule has 0 aromatic heterocycles. The van der Waals surface area contributed by atoms with Crippen LogP contribution in [-0.2, 0) is 0 Å². The Morgan fingerprint density at radius 1 is 1.56 bits per heavy atom. The number of benzene rings is 1. The Labute approximate surface area is 116 Å². The number of hydrogen-bond acceptors (Lipinski definition) is 2. The standard InChI is InChI=1S/C14H18BrNO2/c1-9-5-6-16(12(9)8-15)14(18)11-4-3-10(2)13(17)7-11/h3-4,7,9,12,17H,5-6,8H2,1-2H3. The molecule has 1 N–H and O–H groups in total. The molecule has 1 fully saturated rings. The molecule has 0 aliphatic carbocycles. The van der Waals surface area contributed by atoms with Gasteiger partial charge in [-0.2, -0.15) is 0 Å². The quantitative estimate of drug-likeness (QED) is 0.853. The minimum atomic E-state index is 0.0131. The van der Waals surface area contributed by atoms with Crippen LogP contribution in [0.2, 0.25) is 0 Å². The third-order valence-corrected chi connectivity index (χ3v) is 4.42. The van der Waals surface area contributed by atoms with E-state index in [1.807, 2.05) is 11.8 Å². The summed E-state index contributed by atoms with van der Waals surface area (Å²) < 4.78 is 0. The second-order valence-electron chi connectivity index (χ2n) is 4.99. The van der Waals surface area contributed by atoms with Crippen LogP contribution >= 0.6 is 15.9 Å². The van der Waals surface area contributed by atoms with E-state index < -0.39 is 0 Å². The number of halogens is 1. The summed E-state index contributed by atoms with van der Waals surface area (Å²) in [4.78, 5) is 14.3. The highest BCUT2D eigenvalue weighted by molar-refractivity contribution is 9.09. The fraction of sp³-hybridized carbons (Fsp3) is 0.500. The number of rotatable bonds is 2. The fourth-order valence-corrected chi connectivity index (χ4v) is 3.39. The van der Waals surface area contributed by atoms with Crippen LogP contribution in [0.1, 0.15) is 29.3 Å². The molecule has 18 heavy (non-hydrogen) atoms. The summed E-state index contributed by atoms with van der Waals surface area (Å²) in [5.41, 5.74) is 1.36. The first-order valence-electron chi connectivity index (χ1n) is 6.21. The SMILES string of the molecule is Cc1ccc(C(=O)N2CCC(C)C2CBr)cc1O. The number of aryl methyl sites for hydroxylation is 1. The van der Waals surface area contributed by atoms with E-state index in [1.54, 1.807) is 18.2 Å². The van der Waals surface area contributed by atoms with Crippen molar-refractivity contribution in [2.75, 3.05) is 11.9 Å². The molecule has 1 aliphatic heterocycles. The molecule has 1 aliphatic rings. The number of aromatic hydroxyl groups is 1. The van der Waals surface area contributed by atoms with Gasteiger partial charge in [0.25, 0.3) is 5.91 Å². The van der Waals surface area contributed by atoms with E-state index in [1.165, 1.54) is 0 Å². The molecule has 1 amide bonds. The van der Waals surface area contributed by atoms with E-state index in [4.69, 9.17) is 0 Å². The summed E-state index contributed by atoms with van der Waals surface area (Å²) in [6, 6.07) is 5.38. The fourth-order valence-electron chi connectivity index (χ4n) is 2.40. The maximum Gasteiger partial charge on any atom is 0.254 e. The van der Waals surface area contributed by atoms with Gasteiger partial charge in [0.2, 0.25) is 0 Å². The highest BCUT2D eigenvalue weighted by Gasteiger charge is 2.33. The first-order valence-corrected chi connectivity index (χ1v) is 7.33. The Balaban J connectivity index is 2.23. The second kappa shape index (κ2) is 5.31. The lowest BCUT2D eigenvalue weighted by Gasteiger charge is -2.25. The van der Waals surface area contributed by atoms with Gasteiger partial charge in [-0.25, -0.2) is 0 Å². The third-order valence-electron chi connectivity index (χ3n) is 3.76. The molecular weight excluding hydrogens is 294 g/mol. The summed E-state index contributed by atoms with van der Waals surface area (Å²) in [6.07, 6.45) is 1.04. The molecule has 3 nitrogen and oxygen atoms in total. The average Bonchev–Trinajstić information content (AvgIpc) is 2.73. The van der Waals surface area contributed by atoms with Crippen LogP contribution in [0.4, 0.5) is 0 Å². The lowest BCUT2D eigenvalue weighted by Crippen LogP contribution is -2.38. The molecule has 0 saturated carbocycles. The van der Waals surface area contributed by atoms with Crippen molar-refractivity contribution in [3.63, 3.8) is 0 Å². The zero-order valence-corrected chi connectivity index (χ0v) is 12.3. The highest BCUT2D eigenvalue weighted by Crippen LogP contribution is 2.28. The second-order valence-corrected chi connectivity index (χ2v) is 5.63. The summed E-state index contributed by atoms with van der Waals surface area (Å²) in [5.74, 6) is 0.718. The molecule has 98 valence electrons. The van der Waals surface area contributed by atoms with Crippen LogP contribution in [0.15, 0.2) is 18.2 Å².